The van der Waals surface area contributed by atoms with E-state index in [-0.39, 0.29) is 28.0 Å². The first kappa shape index (κ1) is 18.7. The SMILES string of the molecule is O=S(=O)(CF)c1ccc(Oc2ccc(F)c3[nH]ncc23)c2c1C(O)C(F)(F)C2. The van der Waals surface area contributed by atoms with Crippen LogP contribution in [0.4, 0.5) is 17.6 Å². The number of rotatable bonds is 4. The van der Waals surface area contributed by atoms with Gasteiger partial charge in [0.1, 0.15) is 28.9 Å². The van der Waals surface area contributed by atoms with Gasteiger partial charge in [0.15, 0.2) is 6.01 Å². The van der Waals surface area contributed by atoms with E-state index in [4.69, 9.17) is 4.74 Å². The van der Waals surface area contributed by atoms with E-state index in [1.807, 2.05) is 0 Å². The summed E-state index contributed by atoms with van der Waals surface area (Å²) in [7, 11) is -4.51. The van der Waals surface area contributed by atoms with Crippen LogP contribution in [0, 0.1) is 5.82 Å². The lowest BCUT2D eigenvalue weighted by Crippen LogP contribution is -2.22. The predicted molar refractivity (Wildman–Crippen MR) is 89.3 cm³/mol. The fourth-order valence-electron chi connectivity index (χ4n) is 3.26. The predicted octanol–water partition coefficient (Wildman–Crippen LogP) is 3.42. The van der Waals surface area contributed by atoms with Crippen LogP contribution in [0.5, 0.6) is 11.5 Å². The van der Waals surface area contributed by atoms with E-state index in [1.54, 1.807) is 0 Å². The summed E-state index contributed by atoms with van der Waals surface area (Å²) in [5.41, 5.74) is -0.810. The van der Waals surface area contributed by atoms with Gasteiger partial charge in [0.25, 0.3) is 5.92 Å². The smallest absolute Gasteiger partial charge is 0.281 e. The molecule has 1 unspecified atom stereocenters. The van der Waals surface area contributed by atoms with Gasteiger partial charge in [-0.1, -0.05) is 0 Å². The van der Waals surface area contributed by atoms with Gasteiger partial charge in [-0.15, -0.1) is 0 Å². The average Bonchev–Trinajstić information content (AvgIpc) is 3.22. The minimum absolute atomic E-state index is 0.0381. The van der Waals surface area contributed by atoms with Gasteiger partial charge in [-0.25, -0.2) is 26.0 Å². The zero-order chi connectivity index (χ0) is 20.3. The third-order valence-corrected chi connectivity index (χ3v) is 5.90. The van der Waals surface area contributed by atoms with E-state index in [9.17, 15) is 31.1 Å². The number of nitrogens with zero attached hydrogens (tertiary/aromatic N) is 1. The average molecular weight is 416 g/mol. The number of nitrogens with one attached hydrogen (secondary N) is 1. The minimum Gasteiger partial charge on any atom is -0.456 e. The second-order valence-corrected chi connectivity index (χ2v) is 8.21. The van der Waals surface area contributed by atoms with E-state index < -0.39 is 50.6 Å². The van der Waals surface area contributed by atoms with Gasteiger partial charge in [-0.2, -0.15) is 5.10 Å². The third kappa shape index (κ3) is 2.73. The van der Waals surface area contributed by atoms with E-state index in [0.717, 1.165) is 18.2 Å². The molecule has 6 nitrogen and oxygen atoms in total. The Bertz CT molecular complexity index is 1190. The van der Waals surface area contributed by atoms with Gasteiger partial charge >= 0.3 is 0 Å². The lowest BCUT2D eigenvalue weighted by Gasteiger charge is -2.16. The first-order valence-corrected chi connectivity index (χ1v) is 9.61. The molecular weight excluding hydrogens is 404 g/mol. The standard InChI is InChI=1S/C17H12F4N2O4S/c18-7-28(25,26)13-4-3-11(8-5-17(20,21)16(24)14(8)13)27-12-2-1-10(19)15-9(12)6-22-23-15/h1-4,6,16,24H,5,7H2,(H,22,23). The molecule has 11 heteroatoms. The van der Waals surface area contributed by atoms with Crippen LogP contribution >= 0.6 is 0 Å². The fourth-order valence-corrected chi connectivity index (χ4v) is 4.22. The van der Waals surface area contributed by atoms with Crippen molar-refractivity contribution in [1.29, 1.82) is 0 Å². The molecule has 1 heterocycles. The first-order valence-electron chi connectivity index (χ1n) is 7.95. The number of hydrogen-bond acceptors (Lipinski definition) is 5. The number of sulfone groups is 1. The highest BCUT2D eigenvalue weighted by molar-refractivity contribution is 7.91. The number of fused-ring (bicyclic) bond motifs is 2. The van der Waals surface area contributed by atoms with Crippen molar-refractivity contribution in [1.82, 2.24) is 10.2 Å². The van der Waals surface area contributed by atoms with Crippen LogP contribution in [0.3, 0.4) is 0 Å². The molecule has 4 rings (SSSR count). The molecule has 2 N–H and O–H groups in total. The Hall–Kier alpha value is -2.66. The molecule has 0 spiro atoms. The monoisotopic (exact) mass is 416 g/mol. The Kier molecular flexibility index (Phi) is 4.12. The molecule has 0 aliphatic heterocycles. The molecular formula is C17H12F4N2O4S. The Morgan fingerprint density at radius 2 is 1.96 bits per heavy atom. The maximum absolute atomic E-state index is 14.1. The van der Waals surface area contributed by atoms with Crippen LogP contribution in [0.2, 0.25) is 0 Å². The lowest BCUT2D eigenvalue weighted by atomic mass is 10.1. The van der Waals surface area contributed by atoms with Gasteiger partial charge in [0.2, 0.25) is 9.84 Å². The Morgan fingerprint density at radius 3 is 2.68 bits per heavy atom. The molecule has 0 saturated carbocycles. The number of hydrogen-bond donors (Lipinski definition) is 2. The van der Waals surface area contributed by atoms with Crippen molar-refractivity contribution >= 4 is 20.7 Å². The highest BCUT2D eigenvalue weighted by Gasteiger charge is 2.50. The number of aromatic nitrogens is 2. The molecule has 2 aromatic carbocycles. The normalized spacial score (nSPS) is 18.4. The zero-order valence-electron chi connectivity index (χ0n) is 13.9. The highest BCUT2D eigenvalue weighted by atomic mass is 32.2. The Labute approximate surface area is 155 Å². The molecule has 1 aromatic heterocycles. The number of alkyl halides is 3. The Morgan fingerprint density at radius 1 is 1.25 bits per heavy atom. The summed E-state index contributed by atoms with van der Waals surface area (Å²) < 4.78 is 84.5. The van der Waals surface area contributed by atoms with Crippen LogP contribution in [0.1, 0.15) is 17.2 Å². The number of halogens is 4. The number of benzene rings is 2. The summed E-state index contributed by atoms with van der Waals surface area (Å²) in [6.45, 7) is 0. The molecule has 0 fully saturated rings. The van der Waals surface area contributed by atoms with Crippen LogP contribution in [0.25, 0.3) is 10.9 Å². The number of ether oxygens (including phenoxy) is 1. The Balaban J connectivity index is 1.88. The fraction of sp³-hybridized carbons (Fsp3) is 0.235. The van der Waals surface area contributed by atoms with Crippen molar-refractivity contribution in [2.24, 2.45) is 0 Å². The third-order valence-electron chi connectivity index (χ3n) is 4.58. The van der Waals surface area contributed by atoms with Crippen molar-refractivity contribution in [2.45, 2.75) is 23.3 Å². The molecule has 1 aliphatic rings. The summed E-state index contributed by atoms with van der Waals surface area (Å²) in [5.74, 6) is -4.33. The van der Waals surface area contributed by atoms with Crippen LogP contribution < -0.4 is 4.74 Å². The maximum atomic E-state index is 14.1. The first-order chi connectivity index (χ1) is 13.2. The molecule has 0 amide bonds. The van der Waals surface area contributed by atoms with Crippen molar-refractivity contribution in [3.63, 3.8) is 0 Å². The van der Waals surface area contributed by atoms with Gasteiger partial charge in [-0.3, -0.25) is 5.10 Å². The molecule has 0 saturated heterocycles. The summed E-state index contributed by atoms with van der Waals surface area (Å²) in [4.78, 5) is -0.713. The van der Waals surface area contributed by atoms with Crippen molar-refractivity contribution in [3.8, 4) is 11.5 Å². The van der Waals surface area contributed by atoms with E-state index in [2.05, 4.69) is 10.2 Å². The van der Waals surface area contributed by atoms with Crippen LogP contribution in [-0.2, 0) is 16.3 Å². The van der Waals surface area contributed by atoms with E-state index in [0.29, 0.717) is 0 Å². The van der Waals surface area contributed by atoms with Crippen molar-refractivity contribution < 1.29 is 35.8 Å². The molecule has 0 radical (unpaired) electrons. The van der Waals surface area contributed by atoms with Crippen molar-refractivity contribution in [2.75, 3.05) is 6.01 Å². The molecule has 1 aliphatic carbocycles. The van der Waals surface area contributed by atoms with Gasteiger partial charge < -0.3 is 9.84 Å². The van der Waals surface area contributed by atoms with Crippen LogP contribution in [0.15, 0.2) is 35.4 Å². The van der Waals surface area contributed by atoms with Gasteiger partial charge in [0.05, 0.1) is 16.5 Å². The second-order valence-electron chi connectivity index (χ2n) is 6.32. The van der Waals surface area contributed by atoms with Gasteiger partial charge in [0, 0.05) is 17.5 Å². The maximum Gasteiger partial charge on any atom is 0.281 e. The summed E-state index contributed by atoms with van der Waals surface area (Å²) in [6.07, 6.45) is -2.15. The highest BCUT2D eigenvalue weighted by Crippen LogP contribution is 2.50. The lowest BCUT2D eigenvalue weighted by molar-refractivity contribution is -0.0976. The molecule has 148 valence electrons. The summed E-state index contributed by atoms with van der Waals surface area (Å²) in [6, 6.07) is 2.55. The van der Waals surface area contributed by atoms with E-state index in [1.165, 1.54) is 12.3 Å². The molecule has 0 bridgehead atoms. The van der Waals surface area contributed by atoms with Crippen LogP contribution in [-0.4, -0.2) is 35.7 Å². The number of aliphatic hydroxyl groups excluding tert-OH is 1. The second kappa shape index (κ2) is 6.17. The summed E-state index contributed by atoms with van der Waals surface area (Å²) >= 11 is 0. The number of aromatic amines is 1. The number of aliphatic hydroxyl groups is 1. The molecule has 28 heavy (non-hydrogen) atoms. The van der Waals surface area contributed by atoms with Gasteiger partial charge in [-0.05, 0) is 24.3 Å². The minimum atomic E-state index is -4.51. The largest absolute Gasteiger partial charge is 0.456 e. The van der Waals surface area contributed by atoms with Crippen molar-refractivity contribution in [3.05, 3.63) is 47.4 Å². The summed E-state index contributed by atoms with van der Waals surface area (Å²) in [5, 5.41) is 16.3. The molecule has 3 aromatic rings. The molecule has 1 atom stereocenters. The van der Waals surface area contributed by atoms with E-state index >= 15 is 0 Å². The number of H-pyrrole nitrogens is 1. The quantitative estimate of drug-likeness (QED) is 0.636. The zero-order valence-corrected chi connectivity index (χ0v) is 14.7. The topological polar surface area (TPSA) is 92.3 Å².